The lowest BCUT2D eigenvalue weighted by Crippen LogP contribution is -2.18. The molecule has 0 spiro atoms. The summed E-state index contributed by atoms with van der Waals surface area (Å²) in [5.74, 6) is -1.91. The Bertz CT molecular complexity index is 276. The highest BCUT2D eigenvalue weighted by molar-refractivity contribution is 5.78. The quantitative estimate of drug-likeness (QED) is 0.377. The van der Waals surface area contributed by atoms with Gasteiger partial charge >= 0.3 is 11.9 Å². The minimum absolute atomic E-state index is 0.156. The van der Waals surface area contributed by atoms with E-state index in [1.54, 1.807) is 6.92 Å². The smallest absolute Gasteiger partial charge is 0.309 e. The third-order valence-corrected chi connectivity index (χ3v) is 3.63. The van der Waals surface area contributed by atoms with Crippen LogP contribution in [0.3, 0.4) is 0 Å². The Balaban J connectivity index is 3.28. The van der Waals surface area contributed by atoms with Crippen LogP contribution in [-0.2, 0) is 14.3 Å². The number of carboxylic acids is 1. The molecule has 0 aromatic heterocycles. The molecule has 0 bridgehead atoms. The highest BCUT2D eigenvalue weighted by Crippen LogP contribution is 2.11. The zero-order chi connectivity index (χ0) is 15.9. The van der Waals surface area contributed by atoms with Gasteiger partial charge in [-0.15, -0.1) is 0 Å². The predicted octanol–water partition coefficient (Wildman–Crippen LogP) is 4.56. The molecule has 21 heavy (non-hydrogen) atoms. The molecule has 0 saturated heterocycles. The van der Waals surface area contributed by atoms with Crippen molar-refractivity contribution >= 4 is 11.9 Å². The van der Waals surface area contributed by atoms with Crippen LogP contribution in [0.5, 0.6) is 0 Å². The number of ether oxygens (including phenoxy) is 1. The summed E-state index contributed by atoms with van der Waals surface area (Å²) in [5, 5.41) is 8.59. The van der Waals surface area contributed by atoms with Gasteiger partial charge in [-0.1, -0.05) is 71.6 Å². The molecular weight excluding hydrogens is 268 g/mol. The van der Waals surface area contributed by atoms with Crippen molar-refractivity contribution < 1.29 is 19.4 Å². The molecule has 0 amide bonds. The molecule has 0 rings (SSSR count). The average molecular weight is 300 g/mol. The molecule has 1 atom stereocenters. The lowest BCUT2D eigenvalue weighted by molar-refractivity contribution is -0.152. The fourth-order valence-corrected chi connectivity index (χ4v) is 2.25. The number of carbonyl (C=O) groups excluding carboxylic acids is 1. The summed E-state index contributed by atoms with van der Waals surface area (Å²) in [5.41, 5.74) is 0. The van der Waals surface area contributed by atoms with E-state index in [4.69, 9.17) is 9.84 Å². The molecule has 0 saturated carbocycles. The predicted molar refractivity (Wildman–Crippen MR) is 84.2 cm³/mol. The molecule has 0 aromatic carbocycles. The molecule has 1 N–H and O–H groups in total. The van der Waals surface area contributed by atoms with Crippen molar-refractivity contribution in [2.75, 3.05) is 6.61 Å². The Morgan fingerprint density at radius 2 is 1.38 bits per heavy atom. The largest absolute Gasteiger partial charge is 0.481 e. The van der Waals surface area contributed by atoms with E-state index >= 15 is 0 Å². The van der Waals surface area contributed by atoms with Crippen molar-refractivity contribution in [1.82, 2.24) is 0 Å². The van der Waals surface area contributed by atoms with Crippen molar-refractivity contribution in [2.45, 2.75) is 84.5 Å². The second-order valence-corrected chi connectivity index (χ2v) is 5.85. The van der Waals surface area contributed by atoms with E-state index in [1.807, 2.05) is 0 Å². The molecule has 0 aromatic rings. The van der Waals surface area contributed by atoms with Gasteiger partial charge in [-0.25, -0.2) is 0 Å². The third kappa shape index (κ3) is 13.7. The Hall–Kier alpha value is -1.06. The van der Waals surface area contributed by atoms with E-state index in [9.17, 15) is 9.59 Å². The van der Waals surface area contributed by atoms with E-state index in [0.717, 1.165) is 12.8 Å². The van der Waals surface area contributed by atoms with Crippen molar-refractivity contribution in [3.05, 3.63) is 0 Å². The maximum Gasteiger partial charge on any atom is 0.309 e. The highest BCUT2D eigenvalue weighted by atomic mass is 16.5. The van der Waals surface area contributed by atoms with Gasteiger partial charge in [-0.2, -0.15) is 0 Å². The maximum absolute atomic E-state index is 11.5. The standard InChI is InChI=1S/C17H32O4/c1-3-4-5-6-7-8-9-10-11-12-13-21-17(20)15(2)14-16(18)19/h15H,3-14H2,1-2H3,(H,18,19). The van der Waals surface area contributed by atoms with Crippen molar-refractivity contribution in [2.24, 2.45) is 5.92 Å². The van der Waals surface area contributed by atoms with Crippen LogP contribution in [-0.4, -0.2) is 23.7 Å². The normalized spacial score (nSPS) is 12.1. The number of hydrogen-bond donors (Lipinski definition) is 1. The fraction of sp³-hybridized carbons (Fsp3) is 0.882. The lowest BCUT2D eigenvalue weighted by atomic mass is 10.1. The van der Waals surface area contributed by atoms with Crippen LogP contribution in [0.1, 0.15) is 84.5 Å². The topological polar surface area (TPSA) is 63.6 Å². The molecule has 4 nitrogen and oxygen atoms in total. The van der Waals surface area contributed by atoms with Gasteiger partial charge in [0.1, 0.15) is 0 Å². The molecule has 124 valence electrons. The first-order valence-corrected chi connectivity index (χ1v) is 8.46. The number of unbranched alkanes of at least 4 members (excludes halogenated alkanes) is 9. The first-order chi connectivity index (χ1) is 10.1. The van der Waals surface area contributed by atoms with Crippen LogP contribution in [0.2, 0.25) is 0 Å². The Kier molecular flexibility index (Phi) is 13.2. The minimum Gasteiger partial charge on any atom is -0.481 e. The van der Waals surface area contributed by atoms with E-state index in [2.05, 4.69) is 6.92 Å². The summed E-state index contributed by atoms with van der Waals surface area (Å²) in [6, 6.07) is 0. The summed E-state index contributed by atoms with van der Waals surface area (Å²) < 4.78 is 5.07. The van der Waals surface area contributed by atoms with Gasteiger partial charge in [0.2, 0.25) is 0 Å². The first-order valence-electron chi connectivity index (χ1n) is 8.46. The zero-order valence-electron chi connectivity index (χ0n) is 13.7. The minimum atomic E-state index is -0.960. The maximum atomic E-state index is 11.5. The number of carbonyl (C=O) groups is 2. The summed E-state index contributed by atoms with van der Waals surface area (Å²) in [6.45, 7) is 4.24. The zero-order valence-corrected chi connectivity index (χ0v) is 13.7. The van der Waals surface area contributed by atoms with Crippen molar-refractivity contribution in [1.29, 1.82) is 0 Å². The first kappa shape index (κ1) is 19.9. The van der Waals surface area contributed by atoms with Crippen LogP contribution in [0.4, 0.5) is 0 Å². The van der Waals surface area contributed by atoms with Crippen LogP contribution < -0.4 is 0 Å². The number of rotatable bonds is 14. The summed E-state index contributed by atoms with van der Waals surface area (Å²) in [4.78, 5) is 21.9. The van der Waals surface area contributed by atoms with Crippen LogP contribution >= 0.6 is 0 Å². The molecule has 0 radical (unpaired) electrons. The average Bonchev–Trinajstić information content (AvgIpc) is 2.43. The number of hydrogen-bond acceptors (Lipinski definition) is 3. The van der Waals surface area contributed by atoms with Crippen LogP contribution in [0, 0.1) is 5.92 Å². The summed E-state index contributed by atoms with van der Waals surface area (Å²) >= 11 is 0. The molecular formula is C17H32O4. The van der Waals surface area contributed by atoms with Crippen molar-refractivity contribution in [3.8, 4) is 0 Å². The second kappa shape index (κ2) is 13.9. The number of aliphatic carboxylic acids is 1. The van der Waals surface area contributed by atoms with E-state index in [-0.39, 0.29) is 6.42 Å². The Labute approximate surface area is 129 Å². The monoisotopic (exact) mass is 300 g/mol. The molecule has 1 unspecified atom stereocenters. The van der Waals surface area contributed by atoms with E-state index in [0.29, 0.717) is 6.61 Å². The van der Waals surface area contributed by atoms with Gasteiger partial charge in [0.25, 0.3) is 0 Å². The molecule has 0 fully saturated rings. The third-order valence-electron chi connectivity index (χ3n) is 3.63. The van der Waals surface area contributed by atoms with Gasteiger partial charge in [0, 0.05) is 0 Å². The van der Waals surface area contributed by atoms with Gasteiger partial charge in [-0.3, -0.25) is 9.59 Å². The van der Waals surface area contributed by atoms with E-state index < -0.39 is 17.9 Å². The van der Waals surface area contributed by atoms with Gasteiger partial charge in [-0.05, 0) is 6.42 Å². The molecule has 0 heterocycles. The Morgan fingerprint density at radius 1 is 0.905 bits per heavy atom. The van der Waals surface area contributed by atoms with Gasteiger partial charge in [0.15, 0.2) is 0 Å². The fourth-order valence-electron chi connectivity index (χ4n) is 2.25. The van der Waals surface area contributed by atoms with Gasteiger partial charge in [0.05, 0.1) is 18.9 Å². The number of esters is 1. The Morgan fingerprint density at radius 3 is 1.86 bits per heavy atom. The molecule has 0 aliphatic heterocycles. The van der Waals surface area contributed by atoms with Crippen molar-refractivity contribution in [3.63, 3.8) is 0 Å². The summed E-state index contributed by atoms with van der Waals surface area (Å²) in [7, 11) is 0. The summed E-state index contributed by atoms with van der Waals surface area (Å²) in [6.07, 6.45) is 12.3. The highest BCUT2D eigenvalue weighted by Gasteiger charge is 2.17. The molecule has 0 aliphatic carbocycles. The second-order valence-electron chi connectivity index (χ2n) is 5.85. The van der Waals surface area contributed by atoms with E-state index in [1.165, 1.54) is 51.4 Å². The lowest BCUT2D eigenvalue weighted by Gasteiger charge is -2.09. The SMILES string of the molecule is CCCCCCCCCCCCOC(=O)C(C)CC(=O)O. The van der Waals surface area contributed by atoms with Gasteiger partial charge < -0.3 is 9.84 Å². The molecule has 0 aliphatic rings. The van der Waals surface area contributed by atoms with Crippen LogP contribution in [0.25, 0.3) is 0 Å². The van der Waals surface area contributed by atoms with Crippen LogP contribution in [0.15, 0.2) is 0 Å². The molecule has 4 heteroatoms. The number of carboxylic acid groups (broad SMARTS) is 1.